The van der Waals surface area contributed by atoms with E-state index >= 15 is 4.39 Å². The summed E-state index contributed by atoms with van der Waals surface area (Å²) in [6, 6.07) is 8.79. The average molecular weight is 578 g/mol. The number of likely N-dealkylation sites (N-methyl/N-ethyl adjacent to an activating group) is 1. The molecule has 2 aromatic carbocycles. The number of carboxylic acid groups (broad SMARTS) is 1. The minimum Gasteiger partial charge on any atom is -0.481 e. The van der Waals surface area contributed by atoms with Crippen LogP contribution in [0.2, 0.25) is 0 Å². The van der Waals surface area contributed by atoms with Crippen LogP contribution in [0.5, 0.6) is 0 Å². The summed E-state index contributed by atoms with van der Waals surface area (Å²) in [6.45, 7) is 12.1. The van der Waals surface area contributed by atoms with Gasteiger partial charge in [-0.3, -0.25) is 14.4 Å². The van der Waals surface area contributed by atoms with Gasteiger partial charge in [-0.25, -0.2) is 4.39 Å². The van der Waals surface area contributed by atoms with Gasteiger partial charge in [0.15, 0.2) is 0 Å². The second-order valence-corrected chi connectivity index (χ2v) is 12.0. The van der Waals surface area contributed by atoms with Crippen LogP contribution in [0.15, 0.2) is 47.4 Å². The molecule has 2 N–H and O–H groups in total. The molecule has 0 fully saturated rings. The van der Waals surface area contributed by atoms with Crippen LogP contribution >= 0.6 is 0 Å². The number of amides is 1. The zero-order valence-corrected chi connectivity index (χ0v) is 26.0. The van der Waals surface area contributed by atoms with Crippen molar-refractivity contribution in [1.29, 1.82) is 0 Å². The Morgan fingerprint density at radius 2 is 1.64 bits per heavy atom. The zero-order chi connectivity index (χ0) is 31.3. The van der Waals surface area contributed by atoms with E-state index in [1.165, 1.54) is 10.6 Å². The van der Waals surface area contributed by atoms with E-state index in [1.807, 2.05) is 71.8 Å². The molecule has 42 heavy (non-hydrogen) atoms. The first-order valence-corrected chi connectivity index (χ1v) is 14.4. The van der Waals surface area contributed by atoms with Crippen molar-refractivity contribution in [3.8, 4) is 11.1 Å². The number of nitrogens with zero attached hydrogens (tertiary/aromatic N) is 2. The van der Waals surface area contributed by atoms with Crippen molar-refractivity contribution in [2.24, 2.45) is 5.92 Å². The highest BCUT2D eigenvalue weighted by atomic mass is 19.1. The van der Waals surface area contributed by atoms with Crippen LogP contribution in [0.3, 0.4) is 0 Å². The summed E-state index contributed by atoms with van der Waals surface area (Å²) in [5.74, 6) is -2.19. The van der Waals surface area contributed by atoms with E-state index in [1.54, 1.807) is 25.3 Å². The number of rotatable bonds is 12. The van der Waals surface area contributed by atoms with Crippen LogP contribution in [0, 0.1) is 39.4 Å². The molecule has 0 bridgehead atoms. The fourth-order valence-corrected chi connectivity index (χ4v) is 5.47. The molecular formula is C34H44FN3O4. The van der Waals surface area contributed by atoms with Crippen LogP contribution < -0.4 is 10.9 Å². The number of carbonyl (C=O) groups is 2. The Morgan fingerprint density at radius 1 is 1.00 bits per heavy atom. The summed E-state index contributed by atoms with van der Waals surface area (Å²) < 4.78 is 17.1. The summed E-state index contributed by atoms with van der Waals surface area (Å²) in [4.78, 5) is 41.1. The number of hydrogen-bond acceptors (Lipinski definition) is 4. The van der Waals surface area contributed by atoms with Crippen molar-refractivity contribution >= 4 is 11.9 Å². The van der Waals surface area contributed by atoms with Gasteiger partial charge in [-0.15, -0.1) is 0 Å². The molecule has 0 radical (unpaired) electrons. The lowest BCUT2D eigenvalue weighted by Crippen LogP contribution is -2.40. The third-order valence-corrected chi connectivity index (χ3v) is 7.68. The maximum Gasteiger partial charge on any atom is 0.305 e. The fraction of sp³-hybridized carbons (Fsp3) is 0.441. The quantitative estimate of drug-likeness (QED) is 0.279. The maximum atomic E-state index is 15.7. The molecule has 1 heterocycles. The molecule has 2 atom stereocenters. The van der Waals surface area contributed by atoms with E-state index in [9.17, 15) is 19.5 Å². The highest BCUT2D eigenvalue weighted by Gasteiger charge is 2.29. The Labute approximate surface area is 248 Å². The lowest BCUT2D eigenvalue weighted by molar-refractivity contribution is -0.138. The first kappa shape index (κ1) is 32.7. The van der Waals surface area contributed by atoms with Gasteiger partial charge in [-0.05, 0) is 112 Å². The lowest BCUT2D eigenvalue weighted by atomic mass is 9.90. The summed E-state index contributed by atoms with van der Waals surface area (Å²) in [5, 5.41) is 12.6. The average Bonchev–Trinajstić information content (AvgIpc) is 2.88. The topological polar surface area (TPSA) is 91.6 Å². The minimum atomic E-state index is -1.17. The Morgan fingerprint density at radius 3 is 2.21 bits per heavy atom. The molecule has 3 aromatic rings. The minimum absolute atomic E-state index is 0.0587. The number of halogens is 1. The van der Waals surface area contributed by atoms with Gasteiger partial charge in [0.2, 0.25) is 5.91 Å². The van der Waals surface area contributed by atoms with Crippen molar-refractivity contribution in [3.05, 3.63) is 92.1 Å². The number of aromatic nitrogens is 1. The molecule has 7 nitrogen and oxygen atoms in total. The number of carbonyl (C=O) groups excluding carboxylic acids is 1. The van der Waals surface area contributed by atoms with E-state index in [0.717, 1.165) is 39.9 Å². The number of pyridine rings is 1. The maximum absolute atomic E-state index is 15.7. The van der Waals surface area contributed by atoms with E-state index in [-0.39, 0.29) is 17.0 Å². The van der Waals surface area contributed by atoms with Crippen LogP contribution in [-0.2, 0) is 16.0 Å². The second-order valence-electron chi connectivity index (χ2n) is 12.0. The molecule has 8 heteroatoms. The van der Waals surface area contributed by atoms with E-state index in [4.69, 9.17) is 0 Å². The molecule has 226 valence electrons. The molecule has 1 amide bonds. The first-order chi connectivity index (χ1) is 19.7. The van der Waals surface area contributed by atoms with E-state index in [2.05, 4.69) is 5.32 Å². The molecule has 0 saturated carbocycles. The van der Waals surface area contributed by atoms with Crippen molar-refractivity contribution in [2.75, 3.05) is 20.6 Å². The molecule has 0 aliphatic rings. The molecule has 0 aliphatic heterocycles. The lowest BCUT2D eigenvalue weighted by Gasteiger charge is -2.26. The highest BCUT2D eigenvalue weighted by Crippen LogP contribution is 2.33. The predicted octanol–water partition coefficient (Wildman–Crippen LogP) is 5.91. The number of aryl methyl sites for hydroxylation is 4. The number of benzene rings is 2. The van der Waals surface area contributed by atoms with Crippen LogP contribution in [0.25, 0.3) is 11.1 Å². The Balaban J connectivity index is 2.09. The molecule has 1 aromatic heterocycles. The Bertz CT molecular complexity index is 1490. The summed E-state index contributed by atoms with van der Waals surface area (Å²) in [7, 11) is 3.94. The summed E-state index contributed by atoms with van der Waals surface area (Å²) >= 11 is 0. The van der Waals surface area contributed by atoms with Crippen molar-refractivity contribution in [1.82, 2.24) is 14.8 Å². The third kappa shape index (κ3) is 7.94. The Hall–Kier alpha value is -3.78. The molecule has 0 spiro atoms. The number of aliphatic carboxylic acids is 1. The van der Waals surface area contributed by atoms with Crippen LogP contribution in [0.4, 0.5) is 4.39 Å². The normalized spacial score (nSPS) is 12.9. The van der Waals surface area contributed by atoms with Gasteiger partial charge in [0.1, 0.15) is 11.9 Å². The zero-order valence-electron chi connectivity index (χ0n) is 26.0. The van der Waals surface area contributed by atoms with E-state index in [0.29, 0.717) is 18.4 Å². The van der Waals surface area contributed by atoms with Crippen molar-refractivity contribution in [2.45, 2.75) is 72.9 Å². The van der Waals surface area contributed by atoms with E-state index < -0.39 is 36.2 Å². The second kappa shape index (κ2) is 13.9. The molecule has 0 saturated heterocycles. The molecule has 2 unspecified atom stereocenters. The molecule has 3 rings (SSSR count). The van der Waals surface area contributed by atoms with Gasteiger partial charge in [0, 0.05) is 24.4 Å². The SMILES string of the molecule is Cc1cc(=O)n(C(CC(C)C)C(=O)NC(CC(=O)O)c2cc(-c3c(C)cccc3C)cc(C)c2F)cc1CCN(C)C. The molecule has 0 aliphatic carbocycles. The van der Waals surface area contributed by atoms with Gasteiger partial charge in [-0.2, -0.15) is 0 Å². The van der Waals surface area contributed by atoms with Gasteiger partial charge in [-0.1, -0.05) is 32.0 Å². The van der Waals surface area contributed by atoms with Gasteiger partial charge >= 0.3 is 5.97 Å². The largest absolute Gasteiger partial charge is 0.481 e. The number of nitrogens with one attached hydrogen (secondary N) is 1. The number of hydrogen-bond donors (Lipinski definition) is 2. The van der Waals surface area contributed by atoms with Gasteiger partial charge in [0.25, 0.3) is 5.56 Å². The highest BCUT2D eigenvalue weighted by molar-refractivity contribution is 5.82. The number of carboxylic acids is 1. The van der Waals surface area contributed by atoms with Crippen molar-refractivity contribution < 1.29 is 19.1 Å². The smallest absolute Gasteiger partial charge is 0.305 e. The molecular weight excluding hydrogens is 533 g/mol. The van der Waals surface area contributed by atoms with Gasteiger partial charge in [0.05, 0.1) is 12.5 Å². The fourth-order valence-electron chi connectivity index (χ4n) is 5.47. The third-order valence-electron chi connectivity index (χ3n) is 7.68. The first-order valence-electron chi connectivity index (χ1n) is 14.4. The van der Waals surface area contributed by atoms with Crippen LogP contribution in [-0.4, -0.2) is 47.1 Å². The van der Waals surface area contributed by atoms with Crippen LogP contribution in [0.1, 0.15) is 72.2 Å². The summed E-state index contributed by atoms with van der Waals surface area (Å²) in [6.07, 6.45) is 2.29. The Kier molecular flexibility index (Phi) is 10.9. The monoisotopic (exact) mass is 577 g/mol. The van der Waals surface area contributed by atoms with Gasteiger partial charge < -0.3 is 19.9 Å². The predicted molar refractivity (Wildman–Crippen MR) is 165 cm³/mol. The summed E-state index contributed by atoms with van der Waals surface area (Å²) in [5.41, 5.74) is 5.67. The standard InChI is InChI=1S/C34H44FN3O4/c1-20(2)14-29(38-19-25(12-13-37(7)8)23(5)16-30(38)39)34(42)36-28(18-31(40)41)27-17-26(15-24(6)33(27)35)32-21(3)10-9-11-22(32)4/h9-11,15-17,19-20,28-29H,12-14,18H2,1-8H3,(H,36,42)(H,40,41). The van der Waals surface area contributed by atoms with Crippen molar-refractivity contribution in [3.63, 3.8) is 0 Å².